The summed E-state index contributed by atoms with van der Waals surface area (Å²) in [5.41, 5.74) is 3.83. The fraction of sp³-hybridized carbons (Fsp3) is 0.348. The Labute approximate surface area is 192 Å². The second kappa shape index (κ2) is 9.54. The van der Waals surface area contributed by atoms with Crippen molar-refractivity contribution in [2.45, 2.75) is 27.2 Å². The molecule has 0 amide bonds. The van der Waals surface area contributed by atoms with Crippen LogP contribution < -0.4 is 15.5 Å². The van der Waals surface area contributed by atoms with E-state index in [1.54, 1.807) is 17.5 Å². The number of pyridine rings is 2. The molecule has 0 saturated carbocycles. The number of rotatable bonds is 5. The maximum absolute atomic E-state index is 4.75. The van der Waals surface area contributed by atoms with E-state index in [0.717, 1.165) is 58.3 Å². The number of fused-ring (bicyclic) bond motifs is 1. The lowest BCUT2D eigenvalue weighted by Gasteiger charge is -2.26. The quantitative estimate of drug-likeness (QED) is 0.462. The highest BCUT2D eigenvalue weighted by Gasteiger charge is 2.15. The van der Waals surface area contributed by atoms with Crippen LogP contribution in [0.25, 0.3) is 21.5 Å². The lowest BCUT2D eigenvalue weighted by Crippen LogP contribution is -2.43. The minimum absolute atomic E-state index is 0. The molecule has 2 N–H and O–H groups in total. The summed E-state index contributed by atoms with van der Waals surface area (Å²) in [6, 6.07) is 7.95. The molecule has 5 rings (SSSR count). The largest absolute Gasteiger partial charge is 0.346 e. The molecule has 0 aromatic carbocycles. The first kappa shape index (κ1) is 22.0. The maximum atomic E-state index is 4.75. The summed E-state index contributed by atoms with van der Waals surface area (Å²) in [5, 5.41) is 16.0. The molecular weight excluding hydrogens is 420 g/mol. The molecule has 1 fully saturated rings. The molecule has 9 heteroatoms. The number of nitrogens with zero attached hydrogens (tertiary/aromatic N) is 6. The van der Waals surface area contributed by atoms with Gasteiger partial charge in [-0.2, -0.15) is 5.10 Å². The molecule has 0 unspecified atom stereocenters. The Morgan fingerprint density at radius 3 is 2.66 bits per heavy atom. The van der Waals surface area contributed by atoms with Crippen molar-refractivity contribution in [3.8, 4) is 10.4 Å². The second-order valence-corrected chi connectivity index (χ2v) is 8.87. The summed E-state index contributed by atoms with van der Waals surface area (Å²) in [6.45, 7) is 8.23. The third-order valence-corrected chi connectivity index (χ3v) is 6.41. The van der Waals surface area contributed by atoms with E-state index < -0.39 is 0 Å². The fourth-order valence-corrected chi connectivity index (χ4v) is 4.45. The summed E-state index contributed by atoms with van der Waals surface area (Å²) >= 11 is 1.70. The van der Waals surface area contributed by atoms with Crippen LogP contribution in [0.1, 0.15) is 32.8 Å². The number of anilines is 3. The summed E-state index contributed by atoms with van der Waals surface area (Å²) in [4.78, 5) is 17.4. The van der Waals surface area contributed by atoms with Crippen LogP contribution in [0.3, 0.4) is 0 Å². The van der Waals surface area contributed by atoms with Crippen LogP contribution in [0.2, 0.25) is 0 Å². The first-order valence-electron chi connectivity index (χ1n) is 10.4. The molecule has 4 aromatic heterocycles. The van der Waals surface area contributed by atoms with Crippen molar-refractivity contribution in [3.05, 3.63) is 48.4 Å². The first-order chi connectivity index (χ1) is 15.2. The van der Waals surface area contributed by atoms with Crippen LogP contribution in [0.5, 0.6) is 0 Å². The molecule has 0 aliphatic carbocycles. The zero-order chi connectivity index (χ0) is 21.2. The summed E-state index contributed by atoms with van der Waals surface area (Å²) < 4.78 is 0. The van der Waals surface area contributed by atoms with Gasteiger partial charge in [0.2, 0.25) is 0 Å². The SMILES string of the molecule is C.CC(C)c1cnnc(Nc2ccc3ncc(-c4cnc(N5CCNCC5)s4)cc3n2)c1. The number of aromatic nitrogens is 5. The number of nitrogens with one attached hydrogen (secondary N) is 2. The van der Waals surface area contributed by atoms with E-state index in [0.29, 0.717) is 17.6 Å². The molecule has 0 bridgehead atoms. The van der Waals surface area contributed by atoms with Gasteiger partial charge in [0, 0.05) is 44.1 Å². The maximum Gasteiger partial charge on any atom is 0.185 e. The van der Waals surface area contributed by atoms with Gasteiger partial charge >= 0.3 is 0 Å². The Balaban J connectivity index is 0.00000245. The topological polar surface area (TPSA) is 91.8 Å². The molecule has 4 aromatic rings. The van der Waals surface area contributed by atoms with Crippen molar-refractivity contribution < 1.29 is 0 Å². The molecule has 32 heavy (non-hydrogen) atoms. The number of thiazole rings is 1. The Morgan fingerprint density at radius 2 is 1.84 bits per heavy atom. The van der Waals surface area contributed by atoms with Gasteiger partial charge in [0.15, 0.2) is 10.9 Å². The first-order valence-corrected chi connectivity index (χ1v) is 11.3. The zero-order valence-electron chi connectivity index (χ0n) is 17.5. The zero-order valence-corrected chi connectivity index (χ0v) is 18.4. The van der Waals surface area contributed by atoms with Crippen LogP contribution in [-0.4, -0.2) is 51.3 Å². The van der Waals surface area contributed by atoms with Crippen molar-refractivity contribution in [1.29, 1.82) is 0 Å². The number of hydrogen-bond donors (Lipinski definition) is 2. The van der Waals surface area contributed by atoms with Gasteiger partial charge in [-0.05, 0) is 35.7 Å². The molecule has 1 aliphatic rings. The Kier molecular flexibility index (Phi) is 6.57. The molecule has 5 heterocycles. The van der Waals surface area contributed by atoms with Crippen LogP contribution in [0.4, 0.5) is 16.8 Å². The fourth-order valence-electron chi connectivity index (χ4n) is 3.50. The molecule has 1 saturated heterocycles. The molecule has 0 spiro atoms. The Morgan fingerprint density at radius 1 is 1.00 bits per heavy atom. The summed E-state index contributed by atoms with van der Waals surface area (Å²) in [6.07, 6.45) is 5.62. The average Bonchev–Trinajstić information content (AvgIpc) is 3.30. The van der Waals surface area contributed by atoms with Gasteiger partial charge in [0.05, 0.1) is 22.1 Å². The van der Waals surface area contributed by atoms with Crippen LogP contribution >= 0.6 is 11.3 Å². The minimum atomic E-state index is 0. The van der Waals surface area contributed by atoms with E-state index in [9.17, 15) is 0 Å². The Hall–Kier alpha value is -3.17. The van der Waals surface area contributed by atoms with E-state index in [-0.39, 0.29) is 7.43 Å². The summed E-state index contributed by atoms with van der Waals surface area (Å²) in [7, 11) is 0. The average molecular weight is 449 g/mol. The molecular formula is C23H28N8S. The van der Waals surface area contributed by atoms with Gasteiger partial charge in [0.1, 0.15) is 5.82 Å². The van der Waals surface area contributed by atoms with Crippen molar-refractivity contribution in [1.82, 2.24) is 30.5 Å². The highest BCUT2D eigenvalue weighted by molar-refractivity contribution is 7.18. The van der Waals surface area contributed by atoms with Gasteiger partial charge in [0.25, 0.3) is 0 Å². The molecule has 166 valence electrons. The molecule has 0 radical (unpaired) electrons. The van der Waals surface area contributed by atoms with E-state index in [4.69, 9.17) is 4.98 Å². The van der Waals surface area contributed by atoms with Gasteiger partial charge in [-0.3, -0.25) is 4.98 Å². The van der Waals surface area contributed by atoms with Gasteiger partial charge in [-0.15, -0.1) is 5.10 Å². The highest BCUT2D eigenvalue weighted by Crippen LogP contribution is 2.32. The molecule has 8 nitrogen and oxygen atoms in total. The highest BCUT2D eigenvalue weighted by atomic mass is 32.1. The van der Waals surface area contributed by atoms with E-state index >= 15 is 0 Å². The Bertz CT molecular complexity index is 1200. The van der Waals surface area contributed by atoms with Gasteiger partial charge in [-0.1, -0.05) is 32.6 Å². The van der Waals surface area contributed by atoms with E-state index in [1.165, 1.54) is 0 Å². The van der Waals surface area contributed by atoms with Crippen molar-refractivity contribution in [2.75, 3.05) is 36.4 Å². The lowest BCUT2D eigenvalue weighted by molar-refractivity contribution is 0.588. The van der Waals surface area contributed by atoms with Gasteiger partial charge < -0.3 is 15.5 Å². The van der Waals surface area contributed by atoms with Gasteiger partial charge in [-0.25, -0.2) is 9.97 Å². The third-order valence-electron chi connectivity index (χ3n) is 5.30. The normalized spacial score (nSPS) is 13.9. The van der Waals surface area contributed by atoms with Crippen molar-refractivity contribution in [3.63, 3.8) is 0 Å². The standard InChI is InChI=1S/C22H24N8S.CH4/c1-14(2)15-10-21(29-26-12-15)28-20-4-3-17-18(27-20)9-16(11-24-17)19-13-25-22(31-19)30-7-5-23-6-8-30;/h3-4,9-14,23H,5-8H2,1-2H3,(H,27,28,29);1H4. The summed E-state index contributed by atoms with van der Waals surface area (Å²) in [5.74, 6) is 1.79. The minimum Gasteiger partial charge on any atom is -0.346 e. The predicted molar refractivity (Wildman–Crippen MR) is 132 cm³/mol. The lowest BCUT2D eigenvalue weighted by atomic mass is 10.1. The van der Waals surface area contributed by atoms with Crippen molar-refractivity contribution in [2.24, 2.45) is 0 Å². The van der Waals surface area contributed by atoms with Crippen LogP contribution in [0.15, 0.2) is 42.9 Å². The van der Waals surface area contributed by atoms with E-state index in [2.05, 4.69) is 55.6 Å². The number of hydrogen-bond acceptors (Lipinski definition) is 9. The van der Waals surface area contributed by atoms with E-state index in [1.807, 2.05) is 30.6 Å². The predicted octanol–water partition coefficient (Wildman–Crippen LogP) is 4.46. The van der Waals surface area contributed by atoms with Crippen LogP contribution in [0, 0.1) is 0 Å². The molecule has 0 atom stereocenters. The monoisotopic (exact) mass is 448 g/mol. The van der Waals surface area contributed by atoms with Crippen LogP contribution in [-0.2, 0) is 0 Å². The second-order valence-electron chi connectivity index (χ2n) is 7.86. The third kappa shape index (κ3) is 4.68. The molecule has 1 aliphatic heterocycles. The smallest absolute Gasteiger partial charge is 0.185 e. The number of piperazine rings is 1. The van der Waals surface area contributed by atoms with Crippen molar-refractivity contribution >= 4 is 39.1 Å².